The number of carbonyl (C=O) groups excluding carboxylic acids is 2. The fourth-order valence-corrected chi connectivity index (χ4v) is 4.46. The van der Waals surface area contributed by atoms with Gasteiger partial charge in [0, 0.05) is 22.5 Å². The number of benzene rings is 1. The van der Waals surface area contributed by atoms with Crippen LogP contribution >= 0.6 is 15.9 Å². The number of fused-ring (bicyclic) bond motifs is 1. The number of rotatable bonds is 3. The van der Waals surface area contributed by atoms with Crippen LogP contribution < -0.4 is 14.8 Å². The highest BCUT2D eigenvalue weighted by Gasteiger charge is 2.36. The molecule has 138 valence electrons. The fourth-order valence-electron chi connectivity index (χ4n) is 3.86. The van der Waals surface area contributed by atoms with Gasteiger partial charge in [-0.15, -0.1) is 0 Å². The number of ether oxygens (including phenoxy) is 3. The number of amides is 1. The first kappa shape index (κ1) is 17.4. The number of esters is 1. The van der Waals surface area contributed by atoms with Crippen LogP contribution in [0.4, 0.5) is 0 Å². The predicted molar refractivity (Wildman–Crippen MR) is 96.8 cm³/mol. The Labute approximate surface area is 160 Å². The van der Waals surface area contributed by atoms with Gasteiger partial charge in [0.2, 0.25) is 12.7 Å². The Morgan fingerprint density at radius 3 is 2.65 bits per heavy atom. The molecule has 0 saturated heterocycles. The van der Waals surface area contributed by atoms with Crippen LogP contribution in [-0.4, -0.2) is 24.8 Å². The molecule has 1 N–H and O–H groups in total. The van der Waals surface area contributed by atoms with E-state index in [4.69, 9.17) is 14.2 Å². The van der Waals surface area contributed by atoms with Crippen molar-refractivity contribution in [1.82, 2.24) is 5.32 Å². The SMILES string of the molecule is CC1=C(C(=O)OC2CCCC2)[C@H](c2cc3c(cc2Br)OCO3)CC(=O)N1. The Hall–Kier alpha value is -2.02. The highest BCUT2D eigenvalue weighted by atomic mass is 79.9. The summed E-state index contributed by atoms with van der Waals surface area (Å²) in [5, 5.41) is 2.78. The van der Waals surface area contributed by atoms with Gasteiger partial charge in [0.15, 0.2) is 11.5 Å². The van der Waals surface area contributed by atoms with E-state index in [0.717, 1.165) is 35.7 Å². The third-order valence-corrected chi connectivity index (χ3v) is 5.82. The van der Waals surface area contributed by atoms with E-state index >= 15 is 0 Å². The average Bonchev–Trinajstić information content (AvgIpc) is 3.24. The van der Waals surface area contributed by atoms with Crippen LogP contribution in [0.1, 0.15) is 50.5 Å². The van der Waals surface area contributed by atoms with Crippen LogP contribution in [0.15, 0.2) is 27.9 Å². The molecule has 0 unspecified atom stereocenters. The van der Waals surface area contributed by atoms with E-state index in [1.807, 2.05) is 12.1 Å². The second-order valence-electron chi connectivity index (χ2n) is 6.88. The zero-order chi connectivity index (χ0) is 18.3. The number of halogens is 1. The molecule has 1 saturated carbocycles. The van der Waals surface area contributed by atoms with Crippen molar-refractivity contribution in [3.05, 3.63) is 33.4 Å². The third kappa shape index (κ3) is 3.20. The van der Waals surface area contributed by atoms with Crippen molar-refractivity contribution in [3.63, 3.8) is 0 Å². The number of hydrogen-bond donors (Lipinski definition) is 1. The monoisotopic (exact) mass is 421 g/mol. The fraction of sp³-hybridized carbons (Fsp3) is 0.474. The normalized spacial score (nSPS) is 22.5. The lowest BCUT2D eigenvalue weighted by atomic mass is 9.84. The Morgan fingerprint density at radius 2 is 1.92 bits per heavy atom. The molecule has 0 aromatic heterocycles. The second kappa shape index (κ2) is 6.95. The van der Waals surface area contributed by atoms with Gasteiger partial charge in [-0.25, -0.2) is 4.79 Å². The summed E-state index contributed by atoms with van der Waals surface area (Å²) in [5.74, 6) is 0.423. The van der Waals surface area contributed by atoms with E-state index in [9.17, 15) is 9.59 Å². The van der Waals surface area contributed by atoms with Crippen LogP contribution in [-0.2, 0) is 14.3 Å². The van der Waals surface area contributed by atoms with Gasteiger partial charge in [-0.2, -0.15) is 0 Å². The first-order valence-corrected chi connectivity index (χ1v) is 9.63. The first-order valence-electron chi connectivity index (χ1n) is 8.83. The summed E-state index contributed by atoms with van der Waals surface area (Å²) in [6.07, 6.45) is 4.14. The molecule has 1 atom stereocenters. The summed E-state index contributed by atoms with van der Waals surface area (Å²) in [6, 6.07) is 3.66. The van der Waals surface area contributed by atoms with Crippen LogP contribution in [0.3, 0.4) is 0 Å². The number of carbonyl (C=O) groups is 2. The maximum atomic E-state index is 12.9. The van der Waals surface area contributed by atoms with E-state index in [1.165, 1.54) is 0 Å². The molecule has 1 aromatic carbocycles. The largest absolute Gasteiger partial charge is 0.459 e. The maximum absolute atomic E-state index is 12.9. The molecule has 4 rings (SSSR count). The topological polar surface area (TPSA) is 73.9 Å². The highest BCUT2D eigenvalue weighted by molar-refractivity contribution is 9.10. The lowest BCUT2D eigenvalue weighted by molar-refractivity contribution is -0.144. The van der Waals surface area contributed by atoms with E-state index in [-0.39, 0.29) is 37.1 Å². The molecule has 7 heteroatoms. The molecule has 3 aliphatic rings. The standard InChI is InChI=1S/C19H20BrNO5/c1-10-18(19(23)26-11-4-2-3-5-11)13(7-17(22)21-10)12-6-15-16(8-14(12)20)25-9-24-15/h6,8,11,13H,2-5,7,9H2,1H3,(H,21,22)/t13-/m0/s1. The molecule has 0 radical (unpaired) electrons. The number of allylic oxidation sites excluding steroid dienone is 1. The molecule has 6 nitrogen and oxygen atoms in total. The summed E-state index contributed by atoms with van der Waals surface area (Å²) in [7, 11) is 0. The van der Waals surface area contributed by atoms with Crippen molar-refractivity contribution in [2.45, 2.75) is 51.0 Å². The predicted octanol–water partition coefficient (Wildman–Crippen LogP) is 3.54. The lowest BCUT2D eigenvalue weighted by Gasteiger charge is -2.28. The van der Waals surface area contributed by atoms with Gasteiger partial charge in [0.05, 0.1) is 5.57 Å². The lowest BCUT2D eigenvalue weighted by Crippen LogP contribution is -2.35. The highest BCUT2D eigenvalue weighted by Crippen LogP contribution is 2.44. The molecule has 1 fully saturated rings. The summed E-state index contributed by atoms with van der Waals surface area (Å²) >= 11 is 3.55. The quantitative estimate of drug-likeness (QED) is 0.755. The molecule has 0 spiro atoms. The van der Waals surface area contributed by atoms with Crippen molar-refractivity contribution in [1.29, 1.82) is 0 Å². The van der Waals surface area contributed by atoms with E-state index < -0.39 is 0 Å². The van der Waals surface area contributed by atoms with Crippen molar-refractivity contribution in [3.8, 4) is 11.5 Å². The number of hydrogen-bond acceptors (Lipinski definition) is 5. The Morgan fingerprint density at radius 1 is 1.23 bits per heavy atom. The van der Waals surface area contributed by atoms with Crippen molar-refractivity contribution >= 4 is 27.8 Å². The second-order valence-corrected chi connectivity index (χ2v) is 7.74. The van der Waals surface area contributed by atoms with E-state index in [0.29, 0.717) is 22.8 Å². The summed E-state index contributed by atoms with van der Waals surface area (Å²) in [4.78, 5) is 25.0. The minimum Gasteiger partial charge on any atom is -0.459 e. The minimum atomic E-state index is -0.387. The van der Waals surface area contributed by atoms with Crippen molar-refractivity contribution < 1.29 is 23.8 Å². The van der Waals surface area contributed by atoms with Gasteiger partial charge in [-0.05, 0) is 50.3 Å². The summed E-state index contributed by atoms with van der Waals surface area (Å²) in [6.45, 7) is 1.91. The molecular weight excluding hydrogens is 402 g/mol. The molecule has 1 aromatic rings. The first-order chi connectivity index (χ1) is 12.5. The molecule has 26 heavy (non-hydrogen) atoms. The Balaban J connectivity index is 1.69. The molecule has 1 amide bonds. The van der Waals surface area contributed by atoms with Gasteiger partial charge in [-0.3, -0.25) is 4.79 Å². The molecule has 0 bridgehead atoms. The van der Waals surface area contributed by atoms with Gasteiger partial charge < -0.3 is 19.5 Å². The molecule has 2 aliphatic heterocycles. The average molecular weight is 422 g/mol. The Bertz CT molecular complexity index is 797. The minimum absolute atomic E-state index is 0.0266. The summed E-state index contributed by atoms with van der Waals surface area (Å²) < 4.78 is 17.4. The molecular formula is C19H20BrNO5. The maximum Gasteiger partial charge on any atom is 0.336 e. The molecule has 1 aliphatic carbocycles. The van der Waals surface area contributed by atoms with Crippen LogP contribution in [0, 0.1) is 0 Å². The van der Waals surface area contributed by atoms with Crippen LogP contribution in [0.5, 0.6) is 11.5 Å². The smallest absolute Gasteiger partial charge is 0.336 e. The van der Waals surface area contributed by atoms with Crippen LogP contribution in [0.2, 0.25) is 0 Å². The zero-order valence-corrected chi connectivity index (χ0v) is 16.1. The van der Waals surface area contributed by atoms with Gasteiger partial charge in [0.25, 0.3) is 0 Å². The van der Waals surface area contributed by atoms with Gasteiger partial charge in [0.1, 0.15) is 6.10 Å². The van der Waals surface area contributed by atoms with E-state index in [2.05, 4.69) is 21.2 Å². The summed E-state index contributed by atoms with van der Waals surface area (Å²) in [5.41, 5.74) is 1.89. The third-order valence-electron chi connectivity index (χ3n) is 5.13. The molecule has 2 heterocycles. The van der Waals surface area contributed by atoms with Gasteiger partial charge in [-0.1, -0.05) is 15.9 Å². The van der Waals surface area contributed by atoms with E-state index in [1.54, 1.807) is 6.92 Å². The van der Waals surface area contributed by atoms with Crippen molar-refractivity contribution in [2.75, 3.05) is 6.79 Å². The van der Waals surface area contributed by atoms with Crippen LogP contribution in [0.25, 0.3) is 0 Å². The zero-order valence-electron chi connectivity index (χ0n) is 14.5. The number of nitrogens with one attached hydrogen (secondary N) is 1. The Kier molecular flexibility index (Phi) is 4.65. The van der Waals surface area contributed by atoms with Crippen molar-refractivity contribution in [2.24, 2.45) is 0 Å². The van der Waals surface area contributed by atoms with Gasteiger partial charge >= 0.3 is 5.97 Å².